The molecule has 172 valence electrons. The lowest BCUT2D eigenvalue weighted by atomic mass is 10.1. The van der Waals surface area contributed by atoms with E-state index in [9.17, 15) is 4.79 Å². The summed E-state index contributed by atoms with van der Waals surface area (Å²) >= 11 is 12.2. The normalized spacial score (nSPS) is 17.5. The second-order valence-electron chi connectivity index (χ2n) is 8.00. The molecular weight excluding hydrogens is 453 g/mol. The first-order valence-electron chi connectivity index (χ1n) is 10.7. The molecular formula is C22H27Cl2N5O3. The Bertz CT molecular complexity index is 955. The highest BCUT2D eigenvalue weighted by molar-refractivity contribution is 6.42. The van der Waals surface area contributed by atoms with Crippen LogP contribution in [-0.4, -0.2) is 60.4 Å². The van der Waals surface area contributed by atoms with Crippen molar-refractivity contribution >= 4 is 35.2 Å². The molecule has 1 fully saturated rings. The summed E-state index contributed by atoms with van der Waals surface area (Å²) in [7, 11) is 1.59. The van der Waals surface area contributed by atoms with E-state index in [1.165, 1.54) is 0 Å². The Kier molecular flexibility index (Phi) is 7.67. The van der Waals surface area contributed by atoms with E-state index in [0.29, 0.717) is 48.2 Å². The van der Waals surface area contributed by atoms with Crippen molar-refractivity contribution in [2.24, 2.45) is 0 Å². The molecule has 1 aromatic carbocycles. The zero-order valence-electron chi connectivity index (χ0n) is 17.9. The molecule has 0 aliphatic carbocycles. The van der Waals surface area contributed by atoms with Gasteiger partial charge in [0.2, 0.25) is 5.95 Å². The van der Waals surface area contributed by atoms with Gasteiger partial charge >= 0.3 is 6.03 Å². The molecule has 0 saturated carbocycles. The molecule has 1 aromatic heterocycles. The van der Waals surface area contributed by atoms with E-state index in [0.717, 1.165) is 42.9 Å². The van der Waals surface area contributed by atoms with E-state index >= 15 is 0 Å². The van der Waals surface area contributed by atoms with Crippen LogP contribution >= 0.6 is 23.2 Å². The van der Waals surface area contributed by atoms with Gasteiger partial charge in [-0.3, -0.25) is 0 Å². The molecule has 2 aromatic rings. The minimum atomic E-state index is -0.347. The summed E-state index contributed by atoms with van der Waals surface area (Å²) in [6.07, 6.45) is 4.44. The van der Waals surface area contributed by atoms with Crippen molar-refractivity contribution in [3.63, 3.8) is 0 Å². The van der Waals surface area contributed by atoms with Crippen LogP contribution in [0.5, 0.6) is 0 Å². The standard InChI is InChI=1S/C22H27Cl2N5O3/c1-31-13-20(14-2-3-17(23)18(24)10-14)28-22(30)29-7-4-15-11-25-21(27-19(15)12-29)26-16-5-8-32-9-6-16/h2-3,10-11,16,20H,4-9,12-13H2,1H3,(H,28,30)(H,25,26,27). The molecule has 10 heteroatoms. The van der Waals surface area contributed by atoms with Crippen molar-refractivity contribution in [2.75, 3.05) is 38.8 Å². The molecule has 2 aliphatic heterocycles. The van der Waals surface area contributed by atoms with Crippen molar-refractivity contribution in [3.05, 3.63) is 51.3 Å². The number of nitrogens with zero attached hydrogens (tertiary/aromatic N) is 3. The Morgan fingerprint density at radius 1 is 1.31 bits per heavy atom. The summed E-state index contributed by atoms with van der Waals surface area (Å²) in [5, 5.41) is 7.35. The molecule has 2 N–H and O–H groups in total. The van der Waals surface area contributed by atoms with Crippen LogP contribution in [0, 0.1) is 0 Å². The van der Waals surface area contributed by atoms with Crippen molar-refractivity contribution in [2.45, 2.75) is 37.9 Å². The molecule has 1 saturated heterocycles. The van der Waals surface area contributed by atoms with Gasteiger partial charge in [-0.05, 0) is 42.5 Å². The highest BCUT2D eigenvalue weighted by Gasteiger charge is 2.25. The van der Waals surface area contributed by atoms with Crippen LogP contribution in [0.3, 0.4) is 0 Å². The van der Waals surface area contributed by atoms with Crippen LogP contribution in [0.4, 0.5) is 10.7 Å². The average Bonchev–Trinajstić information content (AvgIpc) is 2.81. The Labute approximate surface area is 197 Å². The van der Waals surface area contributed by atoms with E-state index in [1.807, 2.05) is 12.3 Å². The van der Waals surface area contributed by atoms with Gasteiger partial charge in [-0.2, -0.15) is 0 Å². The number of hydrogen-bond acceptors (Lipinski definition) is 6. The minimum absolute atomic E-state index is 0.179. The first-order chi connectivity index (χ1) is 15.5. The number of anilines is 1. The van der Waals surface area contributed by atoms with Crippen LogP contribution in [0.1, 0.15) is 35.7 Å². The Morgan fingerprint density at radius 2 is 2.12 bits per heavy atom. The summed E-state index contributed by atoms with van der Waals surface area (Å²) < 4.78 is 10.7. The fourth-order valence-electron chi connectivity index (χ4n) is 3.93. The molecule has 0 bridgehead atoms. The zero-order valence-corrected chi connectivity index (χ0v) is 19.5. The topological polar surface area (TPSA) is 88.6 Å². The minimum Gasteiger partial charge on any atom is -0.382 e. The molecule has 1 unspecified atom stereocenters. The van der Waals surface area contributed by atoms with Gasteiger partial charge in [0.25, 0.3) is 0 Å². The predicted molar refractivity (Wildman–Crippen MR) is 123 cm³/mol. The van der Waals surface area contributed by atoms with Crippen LogP contribution in [0.15, 0.2) is 24.4 Å². The molecule has 3 heterocycles. The molecule has 0 radical (unpaired) electrons. The van der Waals surface area contributed by atoms with Crippen LogP contribution in [0.25, 0.3) is 0 Å². The van der Waals surface area contributed by atoms with Gasteiger partial charge in [-0.1, -0.05) is 29.3 Å². The van der Waals surface area contributed by atoms with Gasteiger partial charge in [0, 0.05) is 39.1 Å². The first-order valence-corrected chi connectivity index (χ1v) is 11.5. The molecule has 32 heavy (non-hydrogen) atoms. The quantitative estimate of drug-likeness (QED) is 0.654. The van der Waals surface area contributed by atoms with Gasteiger partial charge in [0.1, 0.15) is 0 Å². The zero-order chi connectivity index (χ0) is 22.5. The number of aromatic nitrogens is 2. The third kappa shape index (κ3) is 5.61. The number of methoxy groups -OCH3 is 1. The molecule has 8 nitrogen and oxygen atoms in total. The third-order valence-corrected chi connectivity index (χ3v) is 6.50. The maximum Gasteiger partial charge on any atom is 0.318 e. The van der Waals surface area contributed by atoms with Crippen molar-refractivity contribution < 1.29 is 14.3 Å². The number of urea groups is 1. The number of benzene rings is 1. The van der Waals surface area contributed by atoms with Crippen LogP contribution in [0.2, 0.25) is 10.0 Å². The number of carbonyl (C=O) groups is 1. The Balaban J connectivity index is 1.42. The van der Waals surface area contributed by atoms with Crippen molar-refractivity contribution in [3.8, 4) is 0 Å². The van der Waals surface area contributed by atoms with E-state index in [4.69, 9.17) is 37.7 Å². The maximum absolute atomic E-state index is 13.0. The molecule has 2 amide bonds. The number of carbonyl (C=O) groups excluding carboxylic acids is 1. The second kappa shape index (κ2) is 10.7. The highest BCUT2D eigenvalue weighted by Crippen LogP contribution is 2.26. The molecule has 4 rings (SSSR count). The average molecular weight is 480 g/mol. The van der Waals surface area contributed by atoms with Gasteiger partial charge in [-0.25, -0.2) is 14.8 Å². The fourth-order valence-corrected chi connectivity index (χ4v) is 4.23. The number of amides is 2. The second-order valence-corrected chi connectivity index (χ2v) is 8.81. The number of ether oxygens (including phenoxy) is 2. The summed E-state index contributed by atoms with van der Waals surface area (Å²) in [6, 6.07) is 5.09. The smallest absolute Gasteiger partial charge is 0.318 e. The van der Waals surface area contributed by atoms with Crippen molar-refractivity contribution in [1.29, 1.82) is 0 Å². The van der Waals surface area contributed by atoms with Gasteiger partial charge in [-0.15, -0.1) is 0 Å². The largest absolute Gasteiger partial charge is 0.382 e. The lowest BCUT2D eigenvalue weighted by molar-refractivity contribution is 0.0903. The predicted octanol–water partition coefficient (Wildman–Crippen LogP) is 3.83. The van der Waals surface area contributed by atoms with Gasteiger partial charge in [0.05, 0.1) is 34.9 Å². The number of rotatable bonds is 6. The van der Waals surface area contributed by atoms with E-state index in [-0.39, 0.29) is 12.1 Å². The van der Waals surface area contributed by atoms with Crippen LogP contribution < -0.4 is 10.6 Å². The summed E-state index contributed by atoms with van der Waals surface area (Å²) in [5.41, 5.74) is 2.77. The Hall–Kier alpha value is -2.13. The summed E-state index contributed by atoms with van der Waals surface area (Å²) in [6.45, 7) is 2.83. The van der Waals surface area contributed by atoms with Gasteiger partial charge in [0.15, 0.2) is 0 Å². The van der Waals surface area contributed by atoms with Crippen molar-refractivity contribution in [1.82, 2.24) is 20.2 Å². The molecule has 0 spiro atoms. The SMILES string of the molecule is COCC(NC(=O)N1CCc2cnc(NC3CCOCC3)nc2C1)c1ccc(Cl)c(Cl)c1. The maximum atomic E-state index is 13.0. The third-order valence-electron chi connectivity index (χ3n) is 5.76. The van der Waals surface area contributed by atoms with Gasteiger partial charge < -0.3 is 25.0 Å². The number of nitrogens with one attached hydrogen (secondary N) is 2. The van der Waals surface area contributed by atoms with E-state index in [2.05, 4.69) is 15.6 Å². The summed E-state index contributed by atoms with van der Waals surface area (Å²) in [5.74, 6) is 0.603. The number of hydrogen-bond donors (Lipinski definition) is 2. The Morgan fingerprint density at radius 3 is 2.88 bits per heavy atom. The van der Waals surface area contributed by atoms with E-state index < -0.39 is 0 Å². The molecule has 1 atom stereocenters. The molecule has 2 aliphatic rings. The monoisotopic (exact) mass is 479 g/mol. The first kappa shape index (κ1) is 23.0. The fraction of sp³-hybridized carbons (Fsp3) is 0.500. The highest BCUT2D eigenvalue weighted by atomic mass is 35.5. The summed E-state index contributed by atoms with van der Waals surface area (Å²) in [4.78, 5) is 24.0. The lowest BCUT2D eigenvalue weighted by Gasteiger charge is -2.30. The number of fused-ring (bicyclic) bond motifs is 1. The van der Waals surface area contributed by atoms with Crippen LogP contribution in [-0.2, 0) is 22.4 Å². The lowest BCUT2D eigenvalue weighted by Crippen LogP contribution is -2.45. The van der Waals surface area contributed by atoms with E-state index in [1.54, 1.807) is 24.1 Å². The number of halogens is 2.